The van der Waals surface area contributed by atoms with Crippen LogP contribution in [0.5, 0.6) is 0 Å². The maximum atomic E-state index is 9.21. The summed E-state index contributed by atoms with van der Waals surface area (Å²) in [5.74, 6) is 0. The van der Waals surface area contributed by atoms with Crippen molar-refractivity contribution >= 4 is 0 Å². The third-order valence-corrected chi connectivity index (χ3v) is 3.02. The van der Waals surface area contributed by atoms with Crippen LogP contribution >= 0.6 is 0 Å². The summed E-state index contributed by atoms with van der Waals surface area (Å²) >= 11 is 0. The highest BCUT2D eigenvalue weighted by Gasteiger charge is 2.14. The molecule has 102 valence electrons. The molecule has 0 aromatic heterocycles. The van der Waals surface area contributed by atoms with Crippen LogP contribution in [0, 0.1) is 11.3 Å². The Labute approximate surface area is 128 Å². The van der Waals surface area contributed by atoms with E-state index in [1.165, 1.54) is 11.0 Å². The standard InChI is InChI=1S/C18H20N2/c1-16(12-13-19)20(14-17-8-4-2-5-9-17)15-18-10-6-3-7-11-18/h2-11,16H,12,14-15H2,1H3/i1D3,12D2. The molecule has 0 heterocycles. The van der Waals surface area contributed by atoms with Gasteiger partial charge in [-0.25, -0.2) is 0 Å². The molecule has 2 nitrogen and oxygen atoms in total. The first-order valence-electron chi connectivity index (χ1n) is 8.97. The van der Waals surface area contributed by atoms with Crippen molar-refractivity contribution in [2.45, 2.75) is 32.4 Å². The molecular formula is C18H20N2. The molecule has 2 aromatic rings. The molecular weight excluding hydrogens is 244 g/mol. The van der Waals surface area contributed by atoms with Crippen LogP contribution in [-0.4, -0.2) is 10.9 Å². The molecule has 0 radical (unpaired) electrons. The van der Waals surface area contributed by atoms with Gasteiger partial charge in [-0.15, -0.1) is 0 Å². The third-order valence-electron chi connectivity index (χ3n) is 3.02. The Bertz CT molecular complexity index is 666. The fourth-order valence-electron chi connectivity index (χ4n) is 2.03. The Morgan fingerprint density at radius 1 is 1.05 bits per heavy atom. The minimum absolute atomic E-state index is 0.236. The molecule has 2 heteroatoms. The minimum atomic E-state index is -2.64. The Hall–Kier alpha value is -2.11. The average molecular weight is 269 g/mol. The summed E-state index contributed by atoms with van der Waals surface area (Å²) in [6, 6.07) is 18.5. The number of nitrogens with zero attached hydrogens (tertiary/aromatic N) is 2. The highest BCUT2D eigenvalue weighted by Crippen LogP contribution is 2.14. The van der Waals surface area contributed by atoms with E-state index in [-0.39, 0.29) is 13.1 Å². The summed E-state index contributed by atoms with van der Waals surface area (Å²) in [6.45, 7) is -2.16. The van der Waals surface area contributed by atoms with Crippen LogP contribution in [0.4, 0.5) is 0 Å². The Morgan fingerprint density at radius 3 is 1.95 bits per heavy atom. The monoisotopic (exact) mass is 269 g/mol. The van der Waals surface area contributed by atoms with Gasteiger partial charge >= 0.3 is 0 Å². The van der Waals surface area contributed by atoms with E-state index >= 15 is 0 Å². The zero-order chi connectivity index (χ0) is 18.5. The van der Waals surface area contributed by atoms with Crippen molar-refractivity contribution in [3.8, 4) is 6.07 Å². The second-order valence-electron chi connectivity index (χ2n) is 4.53. The van der Waals surface area contributed by atoms with Gasteiger partial charge in [0.05, 0.1) is 12.4 Å². The quantitative estimate of drug-likeness (QED) is 0.793. The van der Waals surface area contributed by atoms with Gasteiger partial charge in [-0.3, -0.25) is 4.90 Å². The van der Waals surface area contributed by atoms with E-state index in [1.807, 2.05) is 60.7 Å². The maximum Gasteiger partial charge on any atom is 0.0638 e. The zero-order valence-electron chi connectivity index (χ0n) is 16.2. The van der Waals surface area contributed by atoms with Crippen LogP contribution in [0.3, 0.4) is 0 Å². The number of benzene rings is 2. The molecule has 0 saturated carbocycles. The molecule has 0 amide bonds. The predicted octanol–water partition coefficient (Wildman–Crippen LogP) is 3.99. The number of hydrogen-bond acceptors (Lipinski definition) is 2. The molecule has 1 unspecified atom stereocenters. The molecule has 0 bridgehead atoms. The van der Waals surface area contributed by atoms with Crippen LogP contribution in [-0.2, 0) is 13.1 Å². The highest BCUT2D eigenvalue weighted by atomic mass is 15.1. The summed E-state index contributed by atoms with van der Waals surface area (Å²) in [7, 11) is 0. The van der Waals surface area contributed by atoms with Crippen molar-refractivity contribution in [1.29, 1.82) is 5.26 Å². The molecule has 0 fully saturated rings. The summed E-state index contributed by atoms with van der Waals surface area (Å²) in [6.07, 6.45) is -2.51. The number of hydrogen-bond donors (Lipinski definition) is 0. The second-order valence-corrected chi connectivity index (χ2v) is 4.53. The Kier molecular flexibility index (Phi) is 3.34. The van der Waals surface area contributed by atoms with Crippen LogP contribution in [0.25, 0.3) is 0 Å². The molecule has 1 atom stereocenters. The first-order valence-corrected chi connectivity index (χ1v) is 6.47. The van der Waals surface area contributed by atoms with Gasteiger partial charge in [-0.1, -0.05) is 60.7 Å². The molecule has 0 aliphatic heterocycles. The number of nitriles is 1. The van der Waals surface area contributed by atoms with Crippen LogP contribution < -0.4 is 0 Å². The Morgan fingerprint density at radius 2 is 1.55 bits per heavy atom. The minimum Gasteiger partial charge on any atom is -0.291 e. The van der Waals surface area contributed by atoms with E-state index in [4.69, 9.17) is 6.85 Å². The van der Waals surface area contributed by atoms with Crippen LogP contribution in [0.2, 0.25) is 0 Å². The fraction of sp³-hybridized carbons (Fsp3) is 0.278. The van der Waals surface area contributed by atoms with E-state index in [2.05, 4.69) is 0 Å². The zero-order valence-corrected chi connectivity index (χ0v) is 11.2. The molecule has 0 aliphatic rings. The van der Waals surface area contributed by atoms with Crippen LogP contribution in [0.15, 0.2) is 60.7 Å². The van der Waals surface area contributed by atoms with Gasteiger partial charge in [0.25, 0.3) is 0 Å². The molecule has 0 N–H and O–H groups in total. The maximum absolute atomic E-state index is 9.21. The molecule has 20 heavy (non-hydrogen) atoms. The largest absolute Gasteiger partial charge is 0.291 e. The first kappa shape index (κ1) is 8.94. The molecule has 2 aromatic carbocycles. The smallest absolute Gasteiger partial charge is 0.0638 e. The molecule has 2 rings (SSSR count). The summed E-state index contributed by atoms with van der Waals surface area (Å²) in [4.78, 5) is 1.53. The lowest BCUT2D eigenvalue weighted by atomic mass is 10.1. The molecule has 0 aliphatic carbocycles. The lowest BCUT2D eigenvalue weighted by molar-refractivity contribution is 0.193. The van der Waals surface area contributed by atoms with E-state index in [1.54, 1.807) is 0 Å². The van der Waals surface area contributed by atoms with Crippen molar-refractivity contribution < 1.29 is 6.85 Å². The topological polar surface area (TPSA) is 27.0 Å². The second kappa shape index (κ2) is 7.47. The van der Waals surface area contributed by atoms with Gasteiger partial charge in [0.2, 0.25) is 0 Å². The van der Waals surface area contributed by atoms with Crippen molar-refractivity contribution in [3.63, 3.8) is 0 Å². The highest BCUT2D eigenvalue weighted by molar-refractivity contribution is 5.17. The van der Waals surface area contributed by atoms with Gasteiger partial charge < -0.3 is 0 Å². The van der Waals surface area contributed by atoms with E-state index in [9.17, 15) is 5.26 Å². The van der Waals surface area contributed by atoms with Gasteiger partial charge in [0, 0.05) is 26.0 Å². The molecule has 0 spiro atoms. The normalized spacial score (nSPS) is 17.1. The Balaban J connectivity index is 2.42. The van der Waals surface area contributed by atoms with Crippen molar-refractivity contribution in [3.05, 3.63) is 71.8 Å². The first-order chi connectivity index (χ1) is 11.7. The lowest BCUT2D eigenvalue weighted by Gasteiger charge is -2.27. The van der Waals surface area contributed by atoms with Crippen molar-refractivity contribution in [1.82, 2.24) is 4.90 Å². The van der Waals surface area contributed by atoms with Crippen molar-refractivity contribution in [2.75, 3.05) is 0 Å². The summed E-state index contributed by atoms with van der Waals surface area (Å²) < 4.78 is 39.3. The van der Waals surface area contributed by atoms with Gasteiger partial charge in [0.15, 0.2) is 0 Å². The lowest BCUT2D eigenvalue weighted by Crippen LogP contribution is -2.31. The van der Waals surface area contributed by atoms with E-state index < -0.39 is 19.3 Å². The number of rotatable bonds is 6. The SMILES string of the molecule is [2H]C([2H])([2H])C(N(Cc1ccccc1)Cc1ccccc1)C([2H])([2H])C#N. The van der Waals surface area contributed by atoms with Gasteiger partial charge in [0.1, 0.15) is 0 Å². The van der Waals surface area contributed by atoms with E-state index in [0.29, 0.717) is 0 Å². The summed E-state index contributed by atoms with van der Waals surface area (Å²) in [5, 5.41) is 9.21. The molecule has 0 saturated heterocycles. The van der Waals surface area contributed by atoms with Gasteiger partial charge in [-0.2, -0.15) is 5.26 Å². The fourth-order valence-corrected chi connectivity index (χ4v) is 2.03. The third kappa shape index (κ3) is 4.22. The van der Waals surface area contributed by atoms with E-state index in [0.717, 1.165) is 11.1 Å². The summed E-state index contributed by atoms with van der Waals surface area (Å²) in [5.41, 5.74) is 1.72. The van der Waals surface area contributed by atoms with Crippen LogP contribution in [0.1, 0.15) is 31.2 Å². The van der Waals surface area contributed by atoms with Gasteiger partial charge in [-0.05, 0) is 18.0 Å². The van der Waals surface area contributed by atoms with Crippen molar-refractivity contribution in [2.24, 2.45) is 0 Å². The predicted molar refractivity (Wildman–Crippen MR) is 81.8 cm³/mol. The average Bonchev–Trinajstić information content (AvgIpc) is 2.55.